The van der Waals surface area contributed by atoms with Crippen molar-refractivity contribution in [2.75, 3.05) is 19.7 Å². The van der Waals surface area contributed by atoms with Crippen LogP contribution in [0.3, 0.4) is 0 Å². The van der Waals surface area contributed by atoms with Crippen LogP contribution in [0.1, 0.15) is 35.3 Å². The van der Waals surface area contributed by atoms with E-state index in [0.717, 1.165) is 11.1 Å². The number of hydrogen-bond donors (Lipinski definition) is 1. The van der Waals surface area contributed by atoms with E-state index in [9.17, 15) is 4.79 Å². The van der Waals surface area contributed by atoms with Crippen molar-refractivity contribution in [3.8, 4) is 0 Å². The molecular formula is C20H24N2O2. The molecule has 1 aliphatic heterocycles. The highest BCUT2D eigenvalue weighted by Crippen LogP contribution is 2.26. The number of rotatable bonds is 4. The van der Waals surface area contributed by atoms with Crippen LogP contribution in [0.15, 0.2) is 54.6 Å². The summed E-state index contributed by atoms with van der Waals surface area (Å²) in [6, 6.07) is 17.7. The fourth-order valence-electron chi connectivity index (χ4n) is 3.15. The molecule has 2 unspecified atom stereocenters. The number of morpholine rings is 1. The Morgan fingerprint density at radius 1 is 1.21 bits per heavy atom. The quantitative estimate of drug-likeness (QED) is 0.940. The minimum absolute atomic E-state index is 0.0585. The highest BCUT2D eigenvalue weighted by Gasteiger charge is 2.27. The van der Waals surface area contributed by atoms with E-state index in [-0.39, 0.29) is 18.1 Å². The van der Waals surface area contributed by atoms with E-state index in [4.69, 9.17) is 10.5 Å². The van der Waals surface area contributed by atoms with Crippen LogP contribution in [0.4, 0.5) is 0 Å². The molecule has 2 N–H and O–H groups in total. The number of carbonyl (C=O) groups excluding carboxylic acids is 1. The highest BCUT2D eigenvalue weighted by atomic mass is 16.5. The van der Waals surface area contributed by atoms with Crippen LogP contribution >= 0.6 is 0 Å². The summed E-state index contributed by atoms with van der Waals surface area (Å²) in [4.78, 5) is 14.5. The molecule has 1 aliphatic rings. The molecule has 3 rings (SSSR count). The highest BCUT2D eigenvalue weighted by molar-refractivity contribution is 5.77. The summed E-state index contributed by atoms with van der Waals surface area (Å²) in [6.07, 6.45) is 0.265. The van der Waals surface area contributed by atoms with Crippen LogP contribution in [0.2, 0.25) is 0 Å². The maximum Gasteiger partial charge on any atom is 0.224 e. The second kappa shape index (κ2) is 7.60. The largest absolute Gasteiger partial charge is 0.370 e. The van der Waals surface area contributed by atoms with Gasteiger partial charge in [-0.2, -0.15) is 0 Å². The Morgan fingerprint density at radius 3 is 2.67 bits per heavy atom. The molecular weight excluding hydrogens is 300 g/mol. The molecule has 0 radical (unpaired) electrons. The van der Waals surface area contributed by atoms with Crippen LogP contribution in [0, 0.1) is 6.92 Å². The van der Waals surface area contributed by atoms with Gasteiger partial charge in [-0.05, 0) is 23.6 Å². The molecule has 2 aromatic carbocycles. The first-order valence-electron chi connectivity index (χ1n) is 8.40. The van der Waals surface area contributed by atoms with Crippen LogP contribution in [-0.2, 0) is 9.53 Å². The zero-order chi connectivity index (χ0) is 16.9. The second-order valence-electron chi connectivity index (χ2n) is 6.28. The number of nitrogens with zero attached hydrogens (tertiary/aromatic N) is 1. The van der Waals surface area contributed by atoms with Crippen molar-refractivity contribution >= 4 is 5.91 Å². The van der Waals surface area contributed by atoms with E-state index in [2.05, 4.69) is 19.1 Å². The summed E-state index contributed by atoms with van der Waals surface area (Å²) in [6.45, 7) is 3.85. The first-order chi connectivity index (χ1) is 11.6. The number of ether oxygens (including phenoxy) is 1. The molecule has 1 heterocycles. The molecule has 126 valence electrons. The summed E-state index contributed by atoms with van der Waals surface area (Å²) < 4.78 is 5.89. The van der Waals surface area contributed by atoms with Gasteiger partial charge in [-0.1, -0.05) is 54.6 Å². The molecule has 1 amide bonds. The van der Waals surface area contributed by atoms with Gasteiger partial charge in [0.1, 0.15) is 6.10 Å². The lowest BCUT2D eigenvalue weighted by atomic mass is 10.0. The first-order valence-corrected chi connectivity index (χ1v) is 8.40. The SMILES string of the molecule is Cc1ccccc1C1CN(C(=O)CC(N)c2ccccc2)CCO1. The first kappa shape index (κ1) is 16.7. The minimum Gasteiger partial charge on any atom is -0.370 e. The molecule has 24 heavy (non-hydrogen) atoms. The van der Waals surface area contributed by atoms with Gasteiger partial charge in [0.15, 0.2) is 0 Å². The Kier molecular flexibility index (Phi) is 5.28. The van der Waals surface area contributed by atoms with E-state index in [1.54, 1.807) is 0 Å². The van der Waals surface area contributed by atoms with Crippen molar-refractivity contribution in [3.05, 3.63) is 71.3 Å². The predicted octanol–water partition coefficient (Wildman–Crippen LogP) is 2.99. The van der Waals surface area contributed by atoms with Crippen molar-refractivity contribution < 1.29 is 9.53 Å². The van der Waals surface area contributed by atoms with Gasteiger partial charge in [0.2, 0.25) is 5.91 Å². The normalized spacial score (nSPS) is 19.1. The molecule has 0 bridgehead atoms. The number of carbonyl (C=O) groups is 1. The molecule has 0 spiro atoms. The molecule has 2 aromatic rings. The summed E-state index contributed by atoms with van der Waals surface area (Å²) >= 11 is 0. The lowest BCUT2D eigenvalue weighted by molar-refractivity contribution is -0.139. The average Bonchev–Trinajstić information content (AvgIpc) is 2.63. The van der Waals surface area contributed by atoms with Gasteiger partial charge >= 0.3 is 0 Å². The third-order valence-corrected chi connectivity index (χ3v) is 4.58. The van der Waals surface area contributed by atoms with Gasteiger partial charge < -0.3 is 15.4 Å². The molecule has 4 nitrogen and oxygen atoms in total. The third kappa shape index (κ3) is 3.83. The Hall–Kier alpha value is -2.17. The van der Waals surface area contributed by atoms with Crippen molar-refractivity contribution in [2.24, 2.45) is 5.73 Å². The minimum atomic E-state index is -0.265. The van der Waals surface area contributed by atoms with Gasteiger partial charge in [0.25, 0.3) is 0 Å². The zero-order valence-corrected chi connectivity index (χ0v) is 14.0. The Balaban J connectivity index is 1.64. The van der Waals surface area contributed by atoms with Crippen molar-refractivity contribution in [3.63, 3.8) is 0 Å². The predicted molar refractivity (Wildman–Crippen MR) is 94.4 cm³/mol. The maximum atomic E-state index is 12.6. The fraction of sp³-hybridized carbons (Fsp3) is 0.350. The van der Waals surface area contributed by atoms with Gasteiger partial charge in [0.05, 0.1) is 13.2 Å². The van der Waals surface area contributed by atoms with Gasteiger partial charge in [-0.3, -0.25) is 4.79 Å². The smallest absolute Gasteiger partial charge is 0.224 e. The van der Waals surface area contributed by atoms with Gasteiger partial charge in [0, 0.05) is 19.0 Å². The monoisotopic (exact) mass is 324 g/mol. The van der Waals surface area contributed by atoms with Gasteiger partial charge in [-0.25, -0.2) is 0 Å². The van der Waals surface area contributed by atoms with E-state index < -0.39 is 0 Å². The number of aryl methyl sites for hydroxylation is 1. The summed E-state index contributed by atoms with van der Waals surface area (Å²) in [5.74, 6) is 0.0910. The molecule has 0 aromatic heterocycles. The van der Waals surface area contributed by atoms with Crippen LogP contribution in [0.25, 0.3) is 0 Å². The van der Waals surface area contributed by atoms with Crippen molar-refractivity contribution in [1.82, 2.24) is 4.90 Å². The van der Waals surface area contributed by atoms with Crippen LogP contribution in [0.5, 0.6) is 0 Å². The number of amides is 1. The summed E-state index contributed by atoms with van der Waals surface area (Å²) in [7, 11) is 0. The standard InChI is InChI=1S/C20H24N2O2/c1-15-7-5-6-10-17(15)19-14-22(11-12-24-19)20(23)13-18(21)16-8-3-2-4-9-16/h2-10,18-19H,11-14,21H2,1H3. The number of nitrogens with two attached hydrogens (primary N) is 1. The van der Waals surface area contributed by atoms with E-state index in [0.29, 0.717) is 26.1 Å². The lowest BCUT2D eigenvalue weighted by Crippen LogP contribution is -2.43. The second-order valence-corrected chi connectivity index (χ2v) is 6.28. The number of hydrogen-bond acceptors (Lipinski definition) is 3. The third-order valence-electron chi connectivity index (χ3n) is 4.58. The molecule has 0 aliphatic carbocycles. The summed E-state index contributed by atoms with van der Waals surface area (Å²) in [5.41, 5.74) is 9.54. The fourth-order valence-corrected chi connectivity index (χ4v) is 3.15. The van der Waals surface area contributed by atoms with E-state index in [1.165, 1.54) is 5.56 Å². The molecule has 0 saturated carbocycles. The molecule has 4 heteroatoms. The average molecular weight is 324 g/mol. The Labute approximate surface area is 143 Å². The van der Waals surface area contributed by atoms with E-state index >= 15 is 0 Å². The number of benzene rings is 2. The Bertz CT molecular complexity index is 687. The van der Waals surface area contributed by atoms with Crippen LogP contribution < -0.4 is 5.73 Å². The summed E-state index contributed by atoms with van der Waals surface area (Å²) in [5, 5.41) is 0. The molecule has 1 fully saturated rings. The zero-order valence-electron chi connectivity index (χ0n) is 14.0. The van der Waals surface area contributed by atoms with Gasteiger partial charge in [-0.15, -0.1) is 0 Å². The lowest BCUT2D eigenvalue weighted by Gasteiger charge is -2.34. The van der Waals surface area contributed by atoms with Crippen molar-refractivity contribution in [2.45, 2.75) is 25.5 Å². The molecule has 1 saturated heterocycles. The van der Waals surface area contributed by atoms with Crippen LogP contribution in [-0.4, -0.2) is 30.5 Å². The maximum absolute atomic E-state index is 12.6. The molecule has 2 atom stereocenters. The van der Waals surface area contributed by atoms with E-state index in [1.807, 2.05) is 47.4 Å². The Morgan fingerprint density at radius 2 is 1.92 bits per heavy atom. The topological polar surface area (TPSA) is 55.6 Å². The van der Waals surface area contributed by atoms with Crippen molar-refractivity contribution in [1.29, 1.82) is 0 Å².